The fourth-order valence-corrected chi connectivity index (χ4v) is 2.60. The predicted molar refractivity (Wildman–Crippen MR) is 83.8 cm³/mol. The molecule has 20 heavy (non-hydrogen) atoms. The summed E-state index contributed by atoms with van der Waals surface area (Å²) in [5, 5.41) is 2.98. The minimum atomic E-state index is 0. The number of halogens is 1. The molecule has 1 aliphatic heterocycles. The Morgan fingerprint density at radius 1 is 1.35 bits per heavy atom. The van der Waals surface area contributed by atoms with Gasteiger partial charge < -0.3 is 11.1 Å². The van der Waals surface area contributed by atoms with Crippen LogP contribution in [0, 0.1) is 0 Å². The quantitative estimate of drug-likeness (QED) is 0.837. The Hall–Kier alpha value is -1.10. The van der Waals surface area contributed by atoms with E-state index in [2.05, 4.69) is 34.5 Å². The fraction of sp³-hybridized carbons (Fsp3) is 0.533. The van der Waals surface area contributed by atoms with Crippen LogP contribution in [0.3, 0.4) is 0 Å². The molecule has 1 amide bonds. The summed E-state index contributed by atoms with van der Waals surface area (Å²) in [6.45, 7) is 3.25. The maximum absolute atomic E-state index is 11.5. The predicted octanol–water partition coefficient (Wildman–Crippen LogP) is 1.54. The van der Waals surface area contributed by atoms with Crippen molar-refractivity contribution in [2.45, 2.75) is 31.8 Å². The highest BCUT2D eigenvalue weighted by Crippen LogP contribution is 2.19. The molecule has 1 saturated heterocycles. The monoisotopic (exact) mass is 297 g/mol. The van der Waals surface area contributed by atoms with Crippen LogP contribution < -0.4 is 11.1 Å². The van der Waals surface area contributed by atoms with Crippen LogP contribution in [0.25, 0.3) is 0 Å². The number of nitrogens with two attached hydrogens (primary N) is 1. The van der Waals surface area contributed by atoms with E-state index in [4.69, 9.17) is 5.73 Å². The number of amides is 1. The standard InChI is InChI=1S/C15H23N3O.ClH/c16-9-8-15(19)17-11-14-7-4-10-18(14)12-13-5-2-1-3-6-13;/h1-3,5-6,14H,4,7-12,16H2,(H,17,19);1H. The molecular weight excluding hydrogens is 274 g/mol. The normalized spacial score (nSPS) is 18.6. The van der Waals surface area contributed by atoms with E-state index in [0.717, 1.165) is 26.1 Å². The van der Waals surface area contributed by atoms with Crippen molar-refractivity contribution >= 4 is 18.3 Å². The van der Waals surface area contributed by atoms with E-state index in [1.807, 2.05) is 6.07 Å². The minimum absolute atomic E-state index is 0. The van der Waals surface area contributed by atoms with Crippen molar-refractivity contribution in [3.63, 3.8) is 0 Å². The number of hydrogen-bond acceptors (Lipinski definition) is 3. The summed E-state index contributed by atoms with van der Waals surface area (Å²) in [6, 6.07) is 11.0. The van der Waals surface area contributed by atoms with Crippen molar-refractivity contribution in [2.75, 3.05) is 19.6 Å². The van der Waals surface area contributed by atoms with Crippen molar-refractivity contribution < 1.29 is 4.79 Å². The van der Waals surface area contributed by atoms with Crippen LogP contribution >= 0.6 is 12.4 Å². The first-order valence-corrected chi connectivity index (χ1v) is 7.04. The second kappa shape index (κ2) is 8.95. The molecule has 112 valence electrons. The van der Waals surface area contributed by atoms with Crippen LogP contribution in [0.1, 0.15) is 24.8 Å². The van der Waals surface area contributed by atoms with Crippen LogP contribution in [0.4, 0.5) is 0 Å². The van der Waals surface area contributed by atoms with Gasteiger partial charge in [-0.3, -0.25) is 9.69 Å². The Morgan fingerprint density at radius 2 is 2.10 bits per heavy atom. The summed E-state index contributed by atoms with van der Waals surface area (Å²) >= 11 is 0. The van der Waals surface area contributed by atoms with E-state index in [0.29, 0.717) is 19.0 Å². The van der Waals surface area contributed by atoms with Gasteiger partial charge in [-0.1, -0.05) is 30.3 Å². The number of rotatable bonds is 6. The lowest BCUT2D eigenvalue weighted by atomic mass is 10.2. The third-order valence-corrected chi connectivity index (χ3v) is 3.63. The largest absolute Gasteiger partial charge is 0.354 e. The van der Waals surface area contributed by atoms with Gasteiger partial charge in [0.05, 0.1) is 0 Å². The summed E-state index contributed by atoms with van der Waals surface area (Å²) in [7, 11) is 0. The molecule has 1 aliphatic rings. The molecule has 0 radical (unpaired) electrons. The zero-order valence-electron chi connectivity index (χ0n) is 11.8. The molecule has 0 bridgehead atoms. The van der Waals surface area contributed by atoms with E-state index in [1.165, 1.54) is 12.0 Å². The third-order valence-electron chi connectivity index (χ3n) is 3.63. The summed E-state index contributed by atoms with van der Waals surface area (Å²) in [6.07, 6.45) is 2.80. The number of carbonyl (C=O) groups excluding carboxylic acids is 1. The van der Waals surface area contributed by atoms with Gasteiger partial charge in [0, 0.05) is 32.1 Å². The molecule has 1 heterocycles. The Bertz CT molecular complexity index is 399. The zero-order chi connectivity index (χ0) is 13.5. The number of nitrogens with zero attached hydrogens (tertiary/aromatic N) is 1. The second-order valence-electron chi connectivity index (χ2n) is 5.09. The molecule has 1 unspecified atom stereocenters. The van der Waals surface area contributed by atoms with E-state index in [1.54, 1.807) is 0 Å². The zero-order valence-corrected chi connectivity index (χ0v) is 12.6. The smallest absolute Gasteiger partial charge is 0.221 e. The van der Waals surface area contributed by atoms with Crippen LogP contribution in [0.2, 0.25) is 0 Å². The van der Waals surface area contributed by atoms with Crippen molar-refractivity contribution in [3.05, 3.63) is 35.9 Å². The highest BCUT2D eigenvalue weighted by atomic mass is 35.5. The van der Waals surface area contributed by atoms with E-state index in [-0.39, 0.29) is 18.3 Å². The van der Waals surface area contributed by atoms with Crippen LogP contribution in [0.15, 0.2) is 30.3 Å². The van der Waals surface area contributed by atoms with Crippen molar-refractivity contribution in [2.24, 2.45) is 5.73 Å². The van der Waals surface area contributed by atoms with Crippen LogP contribution in [0.5, 0.6) is 0 Å². The van der Waals surface area contributed by atoms with Gasteiger partial charge in [0.1, 0.15) is 0 Å². The molecule has 1 atom stereocenters. The second-order valence-corrected chi connectivity index (χ2v) is 5.09. The molecule has 0 aromatic heterocycles. The molecule has 5 heteroatoms. The SMILES string of the molecule is Cl.NCCC(=O)NCC1CCCN1Cc1ccccc1. The number of carbonyl (C=O) groups is 1. The summed E-state index contributed by atoms with van der Waals surface area (Å²) in [5.41, 5.74) is 6.71. The molecule has 1 aromatic carbocycles. The molecule has 0 spiro atoms. The van der Waals surface area contributed by atoms with E-state index in [9.17, 15) is 4.79 Å². The Morgan fingerprint density at radius 3 is 2.80 bits per heavy atom. The summed E-state index contributed by atoms with van der Waals surface area (Å²) in [4.78, 5) is 13.9. The summed E-state index contributed by atoms with van der Waals surface area (Å²) in [5.74, 6) is 0.0639. The van der Waals surface area contributed by atoms with Gasteiger partial charge in [-0.15, -0.1) is 12.4 Å². The minimum Gasteiger partial charge on any atom is -0.354 e. The lowest BCUT2D eigenvalue weighted by Gasteiger charge is -2.24. The number of benzene rings is 1. The Kier molecular flexibility index (Phi) is 7.59. The lowest BCUT2D eigenvalue weighted by molar-refractivity contribution is -0.121. The topological polar surface area (TPSA) is 58.4 Å². The van der Waals surface area contributed by atoms with Crippen LogP contribution in [-0.2, 0) is 11.3 Å². The summed E-state index contributed by atoms with van der Waals surface area (Å²) < 4.78 is 0. The maximum atomic E-state index is 11.5. The van der Waals surface area contributed by atoms with Gasteiger partial charge in [0.15, 0.2) is 0 Å². The molecule has 1 aromatic rings. The first-order chi connectivity index (χ1) is 9.29. The molecular formula is C15H24ClN3O. The van der Waals surface area contributed by atoms with Gasteiger partial charge in [-0.25, -0.2) is 0 Å². The van der Waals surface area contributed by atoms with Gasteiger partial charge in [-0.05, 0) is 24.9 Å². The van der Waals surface area contributed by atoms with Gasteiger partial charge in [0.25, 0.3) is 0 Å². The highest BCUT2D eigenvalue weighted by Gasteiger charge is 2.24. The molecule has 0 aliphatic carbocycles. The first kappa shape index (κ1) is 17.0. The van der Waals surface area contributed by atoms with E-state index >= 15 is 0 Å². The molecule has 0 saturated carbocycles. The van der Waals surface area contributed by atoms with Crippen LogP contribution in [-0.4, -0.2) is 36.5 Å². The lowest BCUT2D eigenvalue weighted by Crippen LogP contribution is -2.40. The molecule has 3 N–H and O–H groups in total. The third kappa shape index (κ3) is 5.12. The fourth-order valence-electron chi connectivity index (χ4n) is 2.60. The number of likely N-dealkylation sites (tertiary alicyclic amines) is 1. The van der Waals surface area contributed by atoms with Gasteiger partial charge in [0.2, 0.25) is 5.91 Å². The van der Waals surface area contributed by atoms with Crippen molar-refractivity contribution in [3.8, 4) is 0 Å². The molecule has 1 fully saturated rings. The van der Waals surface area contributed by atoms with Crippen molar-refractivity contribution in [1.29, 1.82) is 0 Å². The average molecular weight is 298 g/mol. The number of nitrogens with one attached hydrogen (secondary N) is 1. The maximum Gasteiger partial charge on any atom is 0.221 e. The van der Waals surface area contributed by atoms with Crippen molar-refractivity contribution in [1.82, 2.24) is 10.2 Å². The van der Waals surface area contributed by atoms with Gasteiger partial charge in [-0.2, -0.15) is 0 Å². The Labute approximate surface area is 127 Å². The van der Waals surface area contributed by atoms with E-state index < -0.39 is 0 Å². The number of hydrogen-bond donors (Lipinski definition) is 2. The average Bonchev–Trinajstić information content (AvgIpc) is 2.85. The van der Waals surface area contributed by atoms with Gasteiger partial charge >= 0.3 is 0 Å². The highest BCUT2D eigenvalue weighted by molar-refractivity contribution is 5.85. The molecule has 4 nitrogen and oxygen atoms in total. The Balaban J connectivity index is 0.00000200. The first-order valence-electron chi connectivity index (χ1n) is 7.04. The molecule has 2 rings (SSSR count).